The van der Waals surface area contributed by atoms with Crippen LogP contribution in [0, 0.1) is 0 Å². The second-order valence-electron chi connectivity index (χ2n) is 4.87. The summed E-state index contributed by atoms with van der Waals surface area (Å²) >= 11 is 0. The smallest absolute Gasteiger partial charge is 0.191 e. The van der Waals surface area contributed by atoms with Crippen LogP contribution in [0.15, 0.2) is 29.3 Å². The molecule has 5 nitrogen and oxygen atoms in total. The summed E-state index contributed by atoms with van der Waals surface area (Å²) in [5, 5.41) is 6.61. The summed E-state index contributed by atoms with van der Waals surface area (Å²) in [5.74, 6) is 1.72. The molecule has 22 heavy (non-hydrogen) atoms. The number of ether oxygens (including phenoxy) is 2. The molecule has 0 radical (unpaired) electrons. The lowest BCUT2D eigenvalue weighted by Gasteiger charge is -2.11. The fourth-order valence-electron chi connectivity index (χ4n) is 1.92. The van der Waals surface area contributed by atoms with E-state index in [1.807, 2.05) is 31.2 Å². The van der Waals surface area contributed by atoms with Crippen molar-refractivity contribution < 1.29 is 9.47 Å². The summed E-state index contributed by atoms with van der Waals surface area (Å²) in [4.78, 5) is 4.60. The number of benzene rings is 1. The number of aliphatic imine (C=N–C) groups is 1. The zero-order valence-corrected chi connectivity index (χ0v) is 14.0. The van der Waals surface area contributed by atoms with E-state index in [2.05, 4.69) is 22.5 Å². The molecule has 0 aromatic heterocycles. The van der Waals surface area contributed by atoms with Crippen LogP contribution in [0.2, 0.25) is 0 Å². The average Bonchev–Trinajstić information content (AvgIpc) is 2.56. The van der Waals surface area contributed by atoms with Crippen molar-refractivity contribution in [3.8, 4) is 5.75 Å². The van der Waals surface area contributed by atoms with Crippen LogP contribution in [0.1, 0.15) is 32.3 Å². The molecule has 0 saturated heterocycles. The van der Waals surface area contributed by atoms with Crippen molar-refractivity contribution in [2.75, 3.05) is 33.4 Å². The highest BCUT2D eigenvalue weighted by atomic mass is 16.5. The number of methoxy groups -OCH3 is 1. The molecule has 0 amide bonds. The van der Waals surface area contributed by atoms with Crippen LogP contribution >= 0.6 is 0 Å². The van der Waals surface area contributed by atoms with Gasteiger partial charge in [0.15, 0.2) is 5.96 Å². The maximum absolute atomic E-state index is 5.33. The van der Waals surface area contributed by atoms with E-state index in [0.717, 1.165) is 56.4 Å². The summed E-state index contributed by atoms with van der Waals surface area (Å²) < 4.78 is 10.5. The van der Waals surface area contributed by atoms with Crippen LogP contribution in [0.3, 0.4) is 0 Å². The van der Waals surface area contributed by atoms with Gasteiger partial charge in [-0.1, -0.05) is 12.1 Å². The maximum atomic E-state index is 5.33. The molecule has 5 heteroatoms. The van der Waals surface area contributed by atoms with Gasteiger partial charge in [0.2, 0.25) is 0 Å². The lowest BCUT2D eigenvalue weighted by Crippen LogP contribution is -2.37. The molecule has 0 atom stereocenters. The number of hydrogen-bond donors (Lipinski definition) is 2. The van der Waals surface area contributed by atoms with Crippen molar-refractivity contribution in [1.82, 2.24) is 10.6 Å². The molecule has 2 N–H and O–H groups in total. The molecule has 1 rings (SSSR count). The zero-order chi connectivity index (χ0) is 16.0. The molecular formula is C17H29N3O2. The summed E-state index contributed by atoms with van der Waals surface area (Å²) in [6, 6.07) is 7.99. The SMILES string of the molecule is CCNC(=NCc1ccc(OC)cc1)NCCCCOCC. The molecule has 0 aliphatic heterocycles. The Kier molecular flexibility index (Phi) is 9.87. The van der Waals surface area contributed by atoms with Crippen molar-refractivity contribution in [2.45, 2.75) is 33.2 Å². The summed E-state index contributed by atoms with van der Waals surface area (Å²) in [7, 11) is 1.67. The fourth-order valence-corrected chi connectivity index (χ4v) is 1.92. The highest BCUT2D eigenvalue weighted by molar-refractivity contribution is 5.79. The molecule has 1 aromatic carbocycles. The first-order valence-corrected chi connectivity index (χ1v) is 8.03. The Morgan fingerprint density at radius 2 is 1.86 bits per heavy atom. The van der Waals surface area contributed by atoms with Gasteiger partial charge < -0.3 is 20.1 Å². The standard InChI is InChI=1S/C17H29N3O2/c1-4-18-17(19-12-6-7-13-22-5-2)20-14-15-8-10-16(21-3)11-9-15/h8-11H,4-7,12-14H2,1-3H3,(H2,18,19,20). The predicted octanol–water partition coefficient (Wildman–Crippen LogP) is 2.57. The first-order valence-electron chi connectivity index (χ1n) is 8.03. The number of hydrogen-bond acceptors (Lipinski definition) is 3. The van der Waals surface area contributed by atoms with Gasteiger partial charge in [-0.25, -0.2) is 4.99 Å². The minimum absolute atomic E-state index is 0.651. The van der Waals surface area contributed by atoms with Gasteiger partial charge in [0.1, 0.15) is 5.75 Å². The first-order chi connectivity index (χ1) is 10.8. The number of guanidine groups is 1. The van der Waals surface area contributed by atoms with E-state index in [1.165, 1.54) is 0 Å². The number of nitrogens with one attached hydrogen (secondary N) is 2. The molecule has 0 unspecified atom stereocenters. The van der Waals surface area contributed by atoms with E-state index >= 15 is 0 Å². The van der Waals surface area contributed by atoms with Crippen molar-refractivity contribution in [1.29, 1.82) is 0 Å². The fraction of sp³-hybridized carbons (Fsp3) is 0.588. The predicted molar refractivity (Wildman–Crippen MR) is 91.5 cm³/mol. The van der Waals surface area contributed by atoms with E-state index in [4.69, 9.17) is 9.47 Å². The normalized spacial score (nSPS) is 11.3. The second kappa shape index (κ2) is 11.9. The Hall–Kier alpha value is -1.75. The van der Waals surface area contributed by atoms with Crippen LogP contribution in [-0.2, 0) is 11.3 Å². The van der Waals surface area contributed by atoms with E-state index in [0.29, 0.717) is 6.54 Å². The van der Waals surface area contributed by atoms with Crippen molar-refractivity contribution in [3.63, 3.8) is 0 Å². The molecule has 0 fully saturated rings. The lowest BCUT2D eigenvalue weighted by atomic mass is 10.2. The van der Waals surface area contributed by atoms with Gasteiger partial charge in [0, 0.05) is 26.3 Å². The van der Waals surface area contributed by atoms with Crippen molar-refractivity contribution >= 4 is 5.96 Å². The highest BCUT2D eigenvalue weighted by Gasteiger charge is 1.98. The third-order valence-electron chi connectivity index (χ3n) is 3.14. The van der Waals surface area contributed by atoms with Crippen LogP contribution in [0.25, 0.3) is 0 Å². The quantitative estimate of drug-likeness (QED) is 0.396. The zero-order valence-electron chi connectivity index (χ0n) is 14.0. The molecule has 1 aromatic rings. The van der Waals surface area contributed by atoms with Crippen LogP contribution in [0.5, 0.6) is 5.75 Å². The van der Waals surface area contributed by atoms with E-state index in [9.17, 15) is 0 Å². The van der Waals surface area contributed by atoms with Gasteiger partial charge in [0.25, 0.3) is 0 Å². The minimum Gasteiger partial charge on any atom is -0.497 e. The topological polar surface area (TPSA) is 54.9 Å². The maximum Gasteiger partial charge on any atom is 0.191 e. The van der Waals surface area contributed by atoms with E-state index in [1.54, 1.807) is 7.11 Å². The molecule has 0 heterocycles. The molecule has 124 valence electrons. The van der Waals surface area contributed by atoms with Gasteiger partial charge in [-0.3, -0.25) is 0 Å². The summed E-state index contributed by atoms with van der Waals surface area (Å²) in [6.45, 7) is 8.12. The minimum atomic E-state index is 0.651. The Bertz CT molecular complexity index is 418. The molecule has 0 spiro atoms. The van der Waals surface area contributed by atoms with Gasteiger partial charge in [-0.15, -0.1) is 0 Å². The second-order valence-corrected chi connectivity index (χ2v) is 4.87. The van der Waals surface area contributed by atoms with Gasteiger partial charge in [0.05, 0.1) is 13.7 Å². The Labute approximate surface area is 134 Å². The third-order valence-corrected chi connectivity index (χ3v) is 3.14. The Balaban J connectivity index is 2.36. The van der Waals surface area contributed by atoms with E-state index < -0.39 is 0 Å². The monoisotopic (exact) mass is 307 g/mol. The average molecular weight is 307 g/mol. The molecule has 0 aliphatic rings. The van der Waals surface area contributed by atoms with Crippen molar-refractivity contribution in [2.24, 2.45) is 4.99 Å². The summed E-state index contributed by atoms with van der Waals surface area (Å²) in [5.41, 5.74) is 1.16. The van der Waals surface area contributed by atoms with Gasteiger partial charge in [-0.2, -0.15) is 0 Å². The van der Waals surface area contributed by atoms with Crippen LogP contribution < -0.4 is 15.4 Å². The van der Waals surface area contributed by atoms with Crippen molar-refractivity contribution in [3.05, 3.63) is 29.8 Å². The van der Waals surface area contributed by atoms with Crippen LogP contribution in [0.4, 0.5) is 0 Å². The first kappa shape index (κ1) is 18.3. The largest absolute Gasteiger partial charge is 0.497 e. The number of rotatable bonds is 10. The molecular weight excluding hydrogens is 278 g/mol. The number of unbranched alkanes of at least 4 members (excludes halogenated alkanes) is 1. The highest BCUT2D eigenvalue weighted by Crippen LogP contribution is 2.11. The molecule has 0 bridgehead atoms. The Morgan fingerprint density at radius 1 is 1.09 bits per heavy atom. The van der Waals surface area contributed by atoms with Crippen LogP contribution in [-0.4, -0.2) is 39.4 Å². The number of nitrogens with zero attached hydrogens (tertiary/aromatic N) is 1. The summed E-state index contributed by atoms with van der Waals surface area (Å²) in [6.07, 6.45) is 2.14. The lowest BCUT2D eigenvalue weighted by molar-refractivity contribution is 0.143. The molecule has 0 saturated carbocycles. The third kappa shape index (κ3) is 7.88. The van der Waals surface area contributed by atoms with Gasteiger partial charge >= 0.3 is 0 Å². The Morgan fingerprint density at radius 3 is 2.50 bits per heavy atom. The van der Waals surface area contributed by atoms with Gasteiger partial charge in [-0.05, 0) is 44.4 Å². The van der Waals surface area contributed by atoms with E-state index in [-0.39, 0.29) is 0 Å². The molecule has 0 aliphatic carbocycles.